The number of benzene rings is 2. The number of hydrogen-bond donors (Lipinski definition) is 1. The summed E-state index contributed by atoms with van der Waals surface area (Å²) in [6.45, 7) is 3.32. The Morgan fingerprint density at radius 3 is 2.66 bits per heavy atom. The number of hydrogen-bond acceptors (Lipinski definition) is 5. The molecule has 2 aromatic heterocycles. The Kier molecular flexibility index (Phi) is 8.15. The minimum atomic E-state index is -0.397. The van der Waals surface area contributed by atoms with Crippen molar-refractivity contribution in [3.05, 3.63) is 90.7 Å². The molecule has 0 spiro atoms. The number of aryl methyl sites for hydroxylation is 1. The van der Waals surface area contributed by atoms with Crippen molar-refractivity contribution in [3.8, 4) is 23.0 Å². The van der Waals surface area contributed by atoms with Crippen molar-refractivity contribution in [1.82, 2.24) is 24.6 Å². The van der Waals surface area contributed by atoms with E-state index in [4.69, 9.17) is 5.10 Å². The number of thioether (sulfide) groups is 1. The van der Waals surface area contributed by atoms with Gasteiger partial charge in [0, 0.05) is 47.7 Å². The van der Waals surface area contributed by atoms with Crippen LogP contribution in [0.5, 0.6) is 0 Å². The smallest absolute Gasteiger partial charge is 0.261 e. The van der Waals surface area contributed by atoms with Crippen molar-refractivity contribution >= 4 is 23.7 Å². The highest BCUT2D eigenvalue weighted by molar-refractivity contribution is 7.99. The molecule has 7 nitrogen and oxygen atoms in total. The van der Waals surface area contributed by atoms with E-state index >= 15 is 0 Å². The SMILES string of the molecule is CCSc1ccc(-c2nn(-c3ccccc3)cc2/C=C(/C#N)C(=O)NCCCn2ccnc2)cc1. The summed E-state index contributed by atoms with van der Waals surface area (Å²) < 4.78 is 3.72. The highest BCUT2D eigenvalue weighted by Gasteiger charge is 2.15. The lowest BCUT2D eigenvalue weighted by molar-refractivity contribution is -0.117. The first-order valence-electron chi connectivity index (χ1n) is 11.4. The lowest BCUT2D eigenvalue weighted by Crippen LogP contribution is -2.26. The van der Waals surface area contributed by atoms with Crippen LogP contribution in [0.25, 0.3) is 23.0 Å². The number of nitriles is 1. The summed E-state index contributed by atoms with van der Waals surface area (Å²) in [7, 11) is 0. The Labute approximate surface area is 209 Å². The molecule has 35 heavy (non-hydrogen) atoms. The highest BCUT2D eigenvalue weighted by atomic mass is 32.2. The van der Waals surface area contributed by atoms with Gasteiger partial charge in [-0.25, -0.2) is 9.67 Å². The first-order chi connectivity index (χ1) is 17.2. The molecule has 2 heterocycles. The number of nitrogens with one attached hydrogen (secondary N) is 1. The number of carbonyl (C=O) groups is 1. The fourth-order valence-corrected chi connectivity index (χ4v) is 4.25. The lowest BCUT2D eigenvalue weighted by Gasteiger charge is -2.05. The Morgan fingerprint density at radius 2 is 1.97 bits per heavy atom. The van der Waals surface area contributed by atoms with Gasteiger partial charge in [-0.05, 0) is 42.5 Å². The summed E-state index contributed by atoms with van der Waals surface area (Å²) in [4.78, 5) is 17.9. The van der Waals surface area contributed by atoms with Gasteiger partial charge in [0.2, 0.25) is 0 Å². The van der Waals surface area contributed by atoms with Crippen LogP contribution in [0.4, 0.5) is 0 Å². The summed E-state index contributed by atoms with van der Waals surface area (Å²) in [5.41, 5.74) is 3.27. The molecule has 8 heteroatoms. The summed E-state index contributed by atoms with van der Waals surface area (Å²) >= 11 is 1.77. The van der Waals surface area contributed by atoms with Crippen molar-refractivity contribution in [2.24, 2.45) is 0 Å². The molecule has 0 bridgehead atoms. The van der Waals surface area contributed by atoms with Gasteiger partial charge >= 0.3 is 0 Å². The number of amides is 1. The van der Waals surface area contributed by atoms with Crippen LogP contribution in [0.3, 0.4) is 0 Å². The number of carbonyl (C=O) groups excluding carboxylic acids is 1. The third kappa shape index (κ3) is 6.28. The molecule has 0 fully saturated rings. The topological polar surface area (TPSA) is 88.5 Å². The molecular weight excluding hydrogens is 456 g/mol. The summed E-state index contributed by atoms with van der Waals surface area (Å²) in [5.74, 6) is 0.602. The molecular formula is C27H26N6OS. The van der Waals surface area contributed by atoms with Crippen LogP contribution in [-0.4, -0.2) is 37.5 Å². The lowest BCUT2D eigenvalue weighted by atomic mass is 10.1. The van der Waals surface area contributed by atoms with Gasteiger partial charge in [0.15, 0.2) is 0 Å². The van der Waals surface area contributed by atoms with E-state index in [1.807, 2.05) is 59.4 Å². The third-order valence-electron chi connectivity index (χ3n) is 5.30. The molecule has 0 aliphatic carbocycles. The van der Waals surface area contributed by atoms with Gasteiger partial charge in [0.05, 0.1) is 17.7 Å². The highest BCUT2D eigenvalue weighted by Crippen LogP contribution is 2.28. The van der Waals surface area contributed by atoms with Crippen LogP contribution >= 0.6 is 11.8 Å². The van der Waals surface area contributed by atoms with Gasteiger partial charge in [-0.1, -0.05) is 37.3 Å². The maximum Gasteiger partial charge on any atom is 0.261 e. The average molecular weight is 483 g/mol. The normalized spacial score (nSPS) is 11.3. The molecule has 0 saturated heterocycles. The number of aromatic nitrogens is 4. The Hall–Kier alpha value is -4.09. The van der Waals surface area contributed by atoms with Crippen molar-refractivity contribution in [3.63, 3.8) is 0 Å². The fourth-order valence-electron chi connectivity index (χ4n) is 3.59. The zero-order valence-electron chi connectivity index (χ0n) is 19.5. The van der Waals surface area contributed by atoms with Gasteiger partial charge < -0.3 is 9.88 Å². The first-order valence-corrected chi connectivity index (χ1v) is 12.4. The Bertz CT molecular complexity index is 1320. The molecule has 0 unspecified atom stereocenters. The maximum absolute atomic E-state index is 12.7. The van der Waals surface area contributed by atoms with Crippen molar-refractivity contribution < 1.29 is 4.79 Å². The van der Waals surface area contributed by atoms with E-state index in [1.165, 1.54) is 4.90 Å². The second-order valence-corrected chi connectivity index (χ2v) is 9.09. The minimum absolute atomic E-state index is 0.0413. The molecule has 0 aliphatic rings. The molecule has 2 aromatic carbocycles. The van der Waals surface area contributed by atoms with Crippen LogP contribution in [0.2, 0.25) is 0 Å². The van der Waals surface area contributed by atoms with E-state index in [9.17, 15) is 10.1 Å². The van der Waals surface area contributed by atoms with Gasteiger partial charge in [-0.3, -0.25) is 4.79 Å². The van der Waals surface area contributed by atoms with E-state index in [0.717, 1.165) is 30.0 Å². The molecule has 0 saturated carbocycles. The fraction of sp³-hybridized carbons (Fsp3) is 0.185. The van der Waals surface area contributed by atoms with E-state index in [2.05, 4.69) is 35.4 Å². The van der Waals surface area contributed by atoms with Crippen LogP contribution < -0.4 is 5.32 Å². The van der Waals surface area contributed by atoms with Gasteiger partial charge in [0.25, 0.3) is 5.91 Å². The van der Waals surface area contributed by atoms with E-state index in [1.54, 1.807) is 35.0 Å². The second-order valence-electron chi connectivity index (χ2n) is 7.75. The number of nitrogens with zero attached hydrogens (tertiary/aromatic N) is 5. The minimum Gasteiger partial charge on any atom is -0.351 e. The molecule has 0 radical (unpaired) electrons. The molecule has 0 aliphatic heterocycles. The molecule has 4 aromatic rings. The molecule has 176 valence electrons. The number of imidazole rings is 1. The number of rotatable bonds is 10. The monoisotopic (exact) mass is 482 g/mol. The van der Waals surface area contributed by atoms with E-state index in [0.29, 0.717) is 17.8 Å². The summed E-state index contributed by atoms with van der Waals surface area (Å²) in [5, 5.41) is 17.4. The third-order valence-corrected chi connectivity index (χ3v) is 6.20. The second kappa shape index (κ2) is 11.9. The largest absolute Gasteiger partial charge is 0.351 e. The Morgan fingerprint density at radius 1 is 1.17 bits per heavy atom. The van der Waals surface area contributed by atoms with Crippen LogP contribution in [0.15, 0.2) is 90.0 Å². The first kappa shape index (κ1) is 24.0. The Balaban J connectivity index is 1.58. The number of para-hydroxylation sites is 1. The summed E-state index contributed by atoms with van der Waals surface area (Å²) in [6, 6.07) is 20.0. The quantitative estimate of drug-likeness (QED) is 0.149. The predicted octanol–water partition coefficient (Wildman–Crippen LogP) is 4.96. The van der Waals surface area contributed by atoms with Crippen LogP contribution in [-0.2, 0) is 11.3 Å². The van der Waals surface area contributed by atoms with E-state index in [-0.39, 0.29) is 5.57 Å². The van der Waals surface area contributed by atoms with Crippen LogP contribution in [0, 0.1) is 11.3 Å². The molecule has 4 rings (SSSR count). The van der Waals surface area contributed by atoms with Crippen molar-refractivity contribution in [2.45, 2.75) is 24.8 Å². The zero-order valence-corrected chi connectivity index (χ0v) is 20.3. The molecule has 1 N–H and O–H groups in total. The molecule has 0 atom stereocenters. The average Bonchev–Trinajstić information content (AvgIpc) is 3.56. The van der Waals surface area contributed by atoms with Crippen LogP contribution in [0.1, 0.15) is 18.9 Å². The van der Waals surface area contributed by atoms with E-state index < -0.39 is 5.91 Å². The predicted molar refractivity (Wildman–Crippen MR) is 139 cm³/mol. The standard InChI is InChI=1S/C27H26N6OS/c1-2-35-25-11-9-21(10-12-25)26-23(19-33(31-26)24-7-4-3-5-8-24)17-22(18-28)27(34)30-13-6-15-32-16-14-29-20-32/h3-5,7-12,14,16-17,19-20H,2,6,13,15H2,1H3,(H,30,34)/b22-17-. The van der Waals surface area contributed by atoms with Gasteiger partial charge in [-0.15, -0.1) is 11.8 Å². The molecule has 1 amide bonds. The van der Waals surface area contributed by atoms with Gasteiger partial charge in [0.1, 0.15) is 11.6 Å². The van der Waals surface area contributed by atoms with Crippen molar-refractivity contribution in [2.75, 3.05) is 12.3 Å². The van der Waals surface area contributed by atoms with Gasteiger partial charge in [-0.2, -0.15) is 10.4 Å². The van der Waals surface area contributed by atoms with Crippen molar-refractivity contribution in [1.29, 1.82) is 5.26 Å². The zero-order chi connectivity index (χ0) is 24.5. The maximum atomic E-state index is 12.7. The summed E-state index contributed by atoms with van der Waals surface area (Å²) in [6.07, 6.45) is 9.53.